The summed E-state index contributed by atoms with van der Waals surface area (Å²) in [5.74, 6) is 0.435. The highest BCUT2D eigenvalue weighted by molar-refractivity contribution is 14.0. The topological polar surface area (TPSA) is 68.2 Å². The molecule has 0 aliphatic heterocycles. The second-order valence-corrected chi connectivity index (χ2v) is 4.60. The molecule has 1 aromatic heterocycles. The van der Waals surface area contributed by atoms with Crippen molar-refractivity contribution in [1.29, 1.82) is 0 Å². The van der Waals surface area contributed by atoms with Crippen molar-refractivity contribution in [3.05, 3.63) is 30.6 Å². The largest absolute Gasteiger partial charge is 0.370 e. The van der Waals surface area contributed by atoms with Crippen LogP contribution in [0.25, 0.3) is 0 Å². The SMILES string of the molecule is C=CCNC(N)=NCc1ccn(C2CCCC2)n1.I. The zero-order chi connectivity index (χ0) is 12.8. The number of hydrogen-bond donors (Lipinski definition) is 2. The number of nitrogens with zero attached hydrogens (tertiary/aromatic N) is 3. The standard InChI is InChI=1S/C13H21N5.HI/c1-2-8-15-13(14)16-10-11-7-9-18(17-11)12-5-3-4-6-12;/h2,7,9,12H,1,3-6,8,10H2,(H3,14,15,16);1H. The van der Waals surface area contributed by atoms with Gasteiger partial charge in [-0.15, -0.1) is 30.6 Å². The lowest BCUT2D eigenvalue weighted by atomic mass is 10.3. The summed E-state index contributed by atoms with van der Waals surface area (Å²) in [5, 5.41) is 7.49. The Morgan fingerprint density at radius 2 is 2.32 bits per heavy atom. The number of aromatic nitrogens is 2. The third-order valence-electron chi connectivity index (χ3n) is 3.20. The number of halogens is 1. The summed E-state index contributed by atoms with van der Waals surface area (Å²) in [7, 11) is 0. The van der Waals surface area contributed by atoms with Gasteiger partial charge in [-0.1, -0.05) is 18.9 Å². The van der Waals surface area contributed by atoms with E-state index in [1.54, 1.807) is 6.08 Å². The lowest BCUT2D eigenvalue weighted by Gasteiger charge is -2.08. The summed E-state index contributed by atoms with van der Waals surface area (Å²) in [6.07, 6.45) is 8.92. The maximum Gasteiger partial charge on any atom is 0.189 e. The van der Waals surface area contributed by atoms with Gasteiger partial charge in [0, 0.05) is 12.7 Å². The van der Waals surface area contributed by atoms with Gasteiger partial charge in [0.15, 0.2) is 5.96 Å². The van der Waals surface area contributed by atoms with E-state index < -0.39 is 0 Å². The molecule has 1 saturated carbocycles. The third kappa shape index (κ3) is 4.85. The molecule has 106 valence electrons. The van der Waals surface area contributed by atoms with Crippen LogP contribution in [0, 0.1) is 0 Å². The molecule has 1 fully saturated rings. The molecule has 1 aliphatic carbocycles. The fraction of sp³-hybridized carbons (Fsp3) is 0.538. The van der Waals surface area contributed by atoms with Crippen LogP contribution < -0.4 is 11.1 Å². The Morgan fingerprint density at radius 1 is 1.58 bits per heavy atom. The predicted molar refractivity (Wildman–Crippen MR) is 88.7 cm³/mol. The van der Waals surface area contributed by atoms with E-state index in [0.29, 0.717) is 25.1 Å². The minimum absolute atomic E-state index is 0. The Balaban J connectivity index is 0.00000180. The Labute approximate surface area is 131 Å². The summed E-state index contributed by atoms with van der Waals surface area (Å²) in [6, 6.07) is 2.60. The molecule has 19 heavy (non-hydrogen) atoms. The zero-order valence-electron chi connectivity index (χ0n) is 11.1. The molecule has 1 aromatic rings. The van der Waals surface area contributed by atoms with Gasteiger partial charge in [0.2, 0.25) is 0 Å². The van der Waals surface area contributed by atoms with Crippen LogP contribution in [0.15, 0.2) is 29.9 Å². The minimum Gasteiger partial charge on any atom is -0.370 e. The van der Waals surface area contributed by atoms with Gasteiger partial charge in [0.25, 0.3) is 0 Å². The smallest absolute Gasteiger partial charge is 0.189 e. The van der Waals surface area contributed by atoms with Gasteiger partial charge in [-0.25, -0.2) is 4.99 Å². The van der Waals surface area contributed by atoms with Crippen molar-refractivity contribution >= 4 is 29.9 Å². The van der Waals surface area contributed by atoms with E-state index in [0.717, 1.165) is 5.69 Å². The maximum absolute atomic E-state index is 5.69. The molecule has 0 unspecified atom stereocenters. The number of guanidine groups is 1. The van der Waals surface area contributed by atoms with Crippen LogP contribution in [0.3, 0.4) is 0 Å². The molecule has 1 aliphatic rings. The fourth-order valence-corrected chi connectivity index (χ4v) is 2.23. The Kier molecular flexibility index (Phi) is 6.90. The van der Waals surface area contributed by atoms with Crippen molar-refractivity contribution in [2.24, 2.45) is 10.7 Å². The first-order chi connectivity index (χ1) is 8.79. The summed E-state index contributed by atoms with van der Waals surface area (Å²) >= 11 is 0. The normalized spacial score (nSPS) is 16.1. The molecule has 3 N–H and O–H groups in total. The molecular formula is C13H22IN5. The van der Waals surface area contributed by atoms with Crippen LogP contribution in [0.4, 0.5) is 0 Å². The van der Waals surface area contributed by atoms with Crippen molar-refractivity contribution in [1.82, 2.24) is 15.1 Å². The van der Waals surface area contributed by atoms with E-state index in [-0.39, 0.29) is 24.0 Å². The first-order valence-electron chi connectivity index (χ1n) is 6.48. The monoisotopic (exact) mass is 375 g/mol. The fourth-order valence-electron chi connectivity index (χ4n) is 2.23. The highest BCUT2D eigenvalue weighted by Crippen LogP contribution is 2.28. The quantitative estimate of drug-likeness (QED) is 0.359. The van der Waals surface area contributed by atoms with Crippen LogP contribution in [-0.4, -0.2) is 22.3 Å². The molecule has 1 heterocycles. The molecule has 0 amide bonds. The molecular weight excluding hydrogens is 353 g/mol. The Morgan fingerprint density at radius 3 is 3.00 bits per heavy atom. The average molecular weight is 375 g/mol. The van der Waals surface area contributed by atoms with Gasteiger partial charge in [-0.2, -0.15) is 5.10 Å². The van der Waals surface area contributed by atoms with Gasteiger partial charge in [0.1, 0.15) is 0 Å². The predicted octanol–water partition coefficient (Wildman–Crippen LogP) is 2.21. The van der Waals surface area contributed by atoms with Gasteiger partial charge in [-0.05, 0) is 18.9 Å². The van der Waals surface area contributed by atoms with Crippen LogP contribution >= 0.6 is 24.0 Å². The van der Waals surface area contributed by atoms with Crippen molar-refractivity contribution in [3.8, 4) is 0 Å². The molecule has 2 rings (SSSR count). The van der Waals surface area contributed by atoms with E-state index in [1.807, 2.05) is 12.3 Å². The highest BCUT2D eigenvalue weighted by Gasteiger charge is 2.17. The summed E-state index contributed by atoms with van der Waals surface area (Å²) in [6.45, 7) is 4.76. The molecule has 5 nitrogen and oxygen atoms in total. The van der Waals surface area contributed by atoms with Crippen molar-refractivity contribution < 1.29 is 0 Å². The molecule has 0 saturated heterocycles. The van der Waals surface area contributed by atoms with Crippen molar-refractivity contribution in [2.45, 2.75) is 38.3 Å². The molecule has 0 bridgehead atoms. The molecule has 0 aromatic carbocycles. The van der Waals surface area contributed by atoms with Gasteiger partial charge in [0.05, 0.1) is 18.3 Å². The number of hydrogen-bond acceptors (Lipinski definition) is 2. The maximum atomic E-state index is 5.69. The summed E-state index contributed by atoms with van der Waals surface area (Å²) in [4.78, 5) is 4.23. The van der Waals surface area contributed by atoms with E-state index >= 15 is 0 Å². The van der Waals surface area contributed by atoms with Crippen LogP contribution in [0.1, 0.15) is 37.4 Å². The van der Waals surface area contributed by atoms with E-state index in [4.69, 9.17) is 5.73 Å². The van der Waals surface area contributed by atoms with E-state index in [2.05, 4.69) is 26.7 Å². The number of nitrogens with one attached hydrogen (secondary N) is 1. The van der Waals surface area contributed by atoms with E-state index in [9.17, 15) is 0 Å². The average Bonchev–Trinajstić information content (AvgIpc) is 3.03. The zero-order valence-corrected chi connectivity index (χ0v) is 13.4. The number of aliphatic imine (C=N–C) groups is 1. The summed E-state index contributed by atoms with van der Waals surface area (Å²) in [5.41, 5.74) is 6.66. The highest BCUT2D eigenvalue weighted by atomic mass is 127. The van der Waals surface area contributed by atoms with Gasteiger partial charge >= 0.3 is 0 Å². The second kappa shape index (κ2) is 8.19. The van der Waals surface area contributed by atoms with Crippen LogP contribution in [0.2, 0.25) is 0 Å². The number of nitrogens with two attached hydrogens (primary N) is 1. The molecule has 0 atom stereocenters. The third-order valence-corrected chi connectivity index (χ3v) is 3.20. The van der Waals surface area contributed by atoms with E-state index in [1.165, 1.54) is 25.7 Å². The first kappa shape index (κ1) is 16.0. The molecule has 6 heteroatoms. The lowest BCUT2D eigenvalue weighted by Crippen LogP contribution is -2.31. The first-order valence-corrected chi connectivity index (χ1v) is 6.48. The van der Waals surface area contributed by atoms with Crippen molar-refractivity contribution in [3.63, 3.8) is 0 Å². The molecule has 0 radical (unpaired) electrons. The van der Waals surface area contributed by atoms with Gasteiger partial charge in [-0.3, -0.25) is 4.68 Å². The second-order valence-electron chi connectivity index (χ2n) is 4.60. The number of rotatable bonds is 5. The Hall–Kier alpha value is -1.05. The van der Waals surface area contributed by atoms with Gasteiger partial charge < -0.3 is 11.1 Å². The van der Waals surface area contributed by atoms with Crippen LogP contribution in [-0.2, 0) is 6.54 Å². The lowest BCUT2D eigenvalue weighted by molar-refractivity contribution is 0.463. The minimum atomic E-state index is 0. The molecule has 0 spiro atoms. The summed E-state index contributed by atoms with van der Waals surface area (Å²) < 4.78 is 2.07. The van der Waals surface area contributed by atoms with Crippen LogP contribution in [0.5, 0.6) is 0 Å². The Bertz CT molecular complexity index is 420. The van der Waals surface area contributed by atoms with Crippen molar-refractivity contribution in [2.75, 3.05) is 6.54 Å².